The van der Waals surface area contributed by atoms with Gasteiger partial charge in [-0.25, -0.2) is 13.4 Å². The van der Waals surface area contributed by atoms with Crippen LogP contribution in [0.2, 0.25) is 5.02 Å². The number of sulfone groups is 1. The number of aromatic nitrogens is 1. The van der Waals surface area contributed by atoms with Crippen molar-refractivity contribution in [1.29, 1.82) is 0 Å². The van der Waals surface area contributed by atoms with Crippen molar-refractivity contribution < 1.29 is 17.9 Å². The second-order valence-corrected chi connectivity index (χ2v) is 10.7. The number of methoxy groups -OCH3 is 1. The van der Waals surface area contributed by atoms with Crippen LogP contribution in [-0.2, 0) is 9.84 Å². The molecular weight excluding hydrogens is 458 g/mol. The molecular formula is C21H22ClN3O4S2. The third-order valence-electron chi connectivity index (χ3n) is 5.34. The highest BCUT2D eigenvalue weighted by Gasteiger charge is 2.28. The summed E-state index contributed by atoms with van der Waals surface area (Å²) in [4.78, 5) is 21.7. The number of anilines is 1. The van der Waals surface area contributed by atoms with Gasteiger partial charge in [-0.15, -0.1) is 0 Å². The summed E-state index contributed by atoms with van der Waals surface area (Å²) >= 11 is 7.82. The molecule has 1 fully saturated rings. The molecule has 1 aliphatic rings. The number of fused-ring (bicyclic) bond motifs is 1. The van der Waals surface area contributed by atoms with E-state index >= 15 is 0 Å². The van der Waals surface area contributed by atoms with E-state index in [-0.39, 0.29) is 22.1 Å². The number of hydrogen-bond acceptors (Lipinski definition) is 7. The first kappa shape index (κ1) is 21.9. The molecule has 10 heteroatoms. The van der Waals surface area contributed by atoms with Gasteiger partial charge in [0.05, 0.1) is 33.0 Å². The normalized spacial score (nSPS) is 14.8. The van der Waals surface area contributed by atoms with Crippen LogP contribution in [-0.4, -0.2) is 63.3 Å². The fourth-order valence-electron chi connectivity index (χ4n) is 3.58. The summed E-state index contributed by atoms with van der Waals surface area (Å²) in [6, 6.07) is 10.0. The van der Waals surface area contributed by atoms with Crippen molar-refractivity contribution in [2.45, 2.75) is 11.8 Å². The zero-order valence-electron chi connectivity index (χ0n) is 17.2. The maximum atomic E-state index is 13.1. The van der Waals surface area contributed by atoms with Gasteiger partial charge in [-0.05, 0) is 24.3 Å². The predicted octanol–water partition coefficient (Wildman–Crippen LogP) is 3.71. The zero-order chi connectivity index (χ0) is 22.2. The molecule has 2 heterocycles. The maximum Gasteiger partial charge on any atom is 0.255 e. The van der Waals surface area contributed by atoms with Crippen LogP contribution in [0.25, 0.3) is 10.2 Å². The van der Waals surface area contributed by atoms with Crippen molar-refractivity contribution >= 4 is 54.0 Å². The van der Waals surface area contributed by atoms with Crippen LogP contribution in [0.3, 0.4) is 0 Å². The summed E-state index contributed by atoms with van der Waals surface area (Å²) in [6.07, 6.45) is 0. The number of hydrogen-bond donors (Lipinski definition) is 0. The highest BCUT2D eigenvalue weighted by molar-refractivity contribution is 7.91. The molecule has 0 atom stereocenters. The number of halogens is 1. The number of rotatable bonds is 5. The molecule has 0 bridgehead atoms. The van der Waals surface area contributed by atoms with E-state index < -0.39 is 9.84 Å². The van der Waals surface area contributed by atoms with Gasteiger partial charge in [-0.3, -0.25) is 4.79 Å². The highest BCUT2D eigenvalue weighted by atomic mass is 35.5. The van der Waals surface area contributed by atoms with Gasteiger partial charge in [0.15, 0.2) is 15.0 Å². The number of nitrogens with zero attached hydrogens (tertiary/aromatic N) is 3. The number of thiazole rings is 1. The predicted molar refractivity (Wildman–Crippen MR) is 123 cm³/mol. The molecule has 0 radical (unpaired) electrons. The largest absolute Gasteiger partial charge is 0.494 e. The van der Waals surface area contributed by atoms with E-state index in [0.29, 0.717) is 37.0 Å². The lowest BCUT2D eigenvalue weighted by molar-refractivity contribution is 0.0743. The molecule has 0 unspecified atom stereocenters. The zero-order valence-corrected chi connectivity index (χ0v) is 19.6. The first-order valence-corrected chi connectivity index (χ1v) is 12.7. The summed E-state index contributed by atoms with van der Waals surface area (Å²) < 4.78 is 31.1. The lowest BCUT2D eigenvalue weighted by Crippen LogP contribution is -2.49. The molecule has 0 saturated carbocycles. The fourth-order valence-corrected chi connectivity index (χ4v) is 5.98. The molecule has 31 heavy (non-hydrogen) atoms. The number of piperazine rings is 1. The molecule has 1 amide bonds. The third-order valence-corrected chi connectivity index (χ3v) is 8.70. The maximum absolute atomic E-state index is 13.1. The van der Waals surface area contributed by atoms with Gasteiger partial charge in [-0.2, -0.15) is 0 Å². The molecule has 0 aliphatic carbocycles. The van der Waals surface area contributed by atoms with Crippen LogP contribution in [0.5, 0.6) is 5.75 Å². The fraction of sp³-hybridized carbons (Fsp3) is 0.333. The van der Waals surface area contributed by atoms with Crippen molar-refractivity contribution in [3.8, 4) is 5.75 Å². The SMILES string of the molecule is CCS(=O)(=O)c1ccccc1C(=O)N1CCN(c2nc3c(OC)ccc(Cl)c3s2)CC1. The summed E-state index contributed by atoms with van der Waals surface area (Å²) in [6.45, 7) is 3.71. The van der Waals surface area contributed by atoms with Crippen LogP contribution >= 0.6 is 22.9 Å². The molecule has 164 valence electrons. The van der Waals surface area contributed by atoms with Crippen LogP contribution < -0.4 is 9.64 Å². The Morgan fingerprint density at radius 3 is 2.55 bits per heavy atom. The first-order valence-electron chi connectivity index (χ1n) is 9.84. The lowest BCUT2D eigenvalue weighted by Gasteiger charge is -2.34. The number of carbonyl (C=O) groups is 1. The number of amides is 1. The minimum absolute atomic E-state index is 0.0469. The molecule has 2 aromatic carbocycles. The minimum Gasteiger partial charge on any atom is -0.494 e. The van der Waals surface area contributed by atoms with E-state index in [1.807, 2.05) is 0 Å². The molecule has 1 aromatic heterocycles. The molecule has 3 aromatic rings. The molecule has 0 spiro atoms. The quantitative estimate of drug-likeness (QED) is 0.555. The average molecular weight is 480 g/mol. The third kappa shape index (κ3) is 4.09. The van der Waals surface area contributed by atoms with E-state index in [0.717, 1.165) is 15.3 Å². The minimum atomic E-state index is -3.48. The number of carbonyl (C=O) groups excluding carboxylic acids is 1. The second kappa shape index (κ2) is 8.64. The Balaban J connectivity index is 1.53. The Bertz CT molecular complexity index is 1230. The topological polar surface area (TPSA) is 79.8 Å². The van der Waals surface area contributed by atoms with Crippen molar-refractivity contribution in [2.24, 2.45) is 0 Å². The molecule has 0 N–H and O–H groups in total. The van der Waals surface area contributed by atoms with Gasteiger partial charge in [0.25, 0.3) is 5.91 Å². The molecule has 4 rings (SSSR count). The number of benzene rings is 2. The Labute approximate surface area is 190 Å². The van der Waals surface area contributed by atoms with Gasteiger partial charge >= 0.3 is 0 Å². The summed E-state index contributed by atoms with van der Waals surface area (Å²) in [7, 11) is -1.88. The summed E-state index contributed by atoms with van der Waals surface area (Å²) in [5.74, 6) is 0.361. The van der Waals surface area contributed by atoms with E-state index in [9.17, 15) is 13.2 Å². The van der Waals surface area contributed by atoms with Gasteiger partial charge < -0.3 is 14.5 Å². The standard InChI is InChI=1S/C21H22ClN3O4S2/c1-3-31(27,28)17-7-5-4-6-14(17)20(26)24-10-12-25(13-11-24)21-23-18-16(29-2)9-8-15(22)19(18)30-21/h4-9H,3,10-13H2,1-2H3. The van der Waals surface area contributed by atoms with E-state index in [1.54, 1.807) is 49.3 Å². The van der Waals surface area contributed by atoms with Gasteiger partial charge in [0.1, 0.15) is 11.3 Å². The van der Waals surface area contributed by atoms with Crippen molar-refractivity contribution in [3.05, 3.63) is 47.0 Å². The van der Waals surface area contributed by atoms with Crippen LogP contribution in [0.4, 0.5) is 5.13 Å². The molecule has 1 aliphatic heterocycles. The smallest absolute Gasteiger partial charge is 0.255 e. The van der Waals surface area contributed by atoms with Crippen molar-refractivity contribution in [1.82, 2.24) is 9.88 Å². The van der Waals surface area contributed by atoms with Gasteiger partial charge in [0.2, 0.25) is 0 Å². The highest BCUT2D eigenvalue weighted by Crippen LogP contribution is 2.38. The van der Waals surface area contributed by atoms with Gasteiger partial charge in [-0.1, -0.05) is 42.0 Å². The van der Waals surface area contributed by atoms with E-state index in [1.165, 1.54) is 17.4 Å². The van der Waals surface area contributed by atoms with E-state index in [4.69, 9.17) is 21.3 Å². The van der Waals surface area contributed by atoms with E-state index in [2.05, 4.69) is 4.90 Å². The average Bonchev–Trinajstić information content (AvgIpc) is 3.25. The monoisotopic (exact) mass is 479 g/mol. The van der Waals surface area contributed by atoms with Crippen molar-refractivity contribution in [3.63, 3.8) is 0 Å². The Hall–Kier alpha value is -2.36. The number of ether oxygens (including phenoxy) is 1. The Kier molecular flexibility index (Phi) is 6.09. The summed E-state index contributed by atoms with van der Waals surface area (Å²) in [5.41, 5.74) is 0.960. The Morgan fingerprint density at radius 1 is 1.16 bits per heavy atom. The van der Waals surface area contributed by atoms with Crippen LogP contribution in [0.15, 0.2) is 41.3 Å². The van der Waals surface area contributed by atoms with Crippen LogP contribution in [0, 0.1) is 0 Å². The molecule has 1 saturated heterocycles. The van der Waals surface area contributed by atoms with Gasteiger partial charge in [0, 0.05) is 26.2 Å². The molecule has 7 nitrogen and oxygen atoms in total. The summed E-state index contributed by atoms with van der Waals surface area (Å²) in [5, 5.41) is 1.45. The first-order chi connectivity index (χ1) is 14.9. The van der Waals surface area contributed by atoms with Crippen LogP contribution in [0.1, 0.15) is 17.3 Å². The second-order valence-electron chi connectivity index (χ2n) is 7.10. The lowest BCUT2D eigenvalue weighted by atomic mass is 10.2. The van der Waals surface area contributed by atoms with Crippen molar-refractivity contribution in [2.75, 3.05) is 43.9 Å². The Morgan fingerprint density at radius 2 is 1.87 bits per heavy atom.